The highest BCUT2D eigenvalue weighted by atomic mass is 19.1. The first kappa shape index (κ1) is 14.1. The van der Waals surface area contributed by atoms with Gasteiger partial charge in [0, 0.05) is 37.6 Å². The zero-order valence-electron chi connectivity index (χ0n) is 11.0. The zero-order valence-corrected chi connectivity index (χ0v) is 11.0. The molecule has 1 heterocycles. The van der Waals surface area contributed by atoms with Crippen LogP contribution in [0.1, 0.15) is 12.0 Å². The number of benzene rings is 1. The highest BCUT2D eigenvalue weighted by Crippen LogP contribution is 2.09. The monoisotopic (exact) mass is 273 g/mol. The molecule has 4 nitrogen and oxygen atoms in total. The van der Waals surface area contributed by atoms with E-state index in [-0.39, 0.29) is 11.7 Å². The van der Waals surface area contributed by atoms with Crippen LogP contribution in [-0.4, -0.2) is 17.4 Å². The summed E-state index contributed by atoms with van der Waals surface area (Å²) in [5.41, 5.74) is 1.59. The van der Waals surface area contributed by atoms with Crippen LogP contribution < -0.4 is 10.6 Å². The molecular weight excluding hydrogens is 257 g/mol. The number of hydrogen-bond donors (Lipinski definition) is 2. The first-order valence-corrected chi connectivity index (χ1v) is 6.39. The molecule has 0 bridgehead atoms. The molecule has 0 unspecified atom stereocenters. The Morgan fingerprint density at radius 1 is 1.20 bits per heavy atom. The van der Waals surface area contributed by atoms with E-state index < -0.39 is 0 Å². The number of nitrogens with one attached hydrogen (secondary N) is 2. The number of nitrogens with zero attached hydrogens (tertiary/aromatic N) is 1. The lowest BCUT2D eigenvalue weighted by molar-refractivity contribution is -0.116. The molecule has 1 aromatic heterocycles. The summed E-state index contributed by atoms with van der Waals surface area (Å²) in [6.07, 6.45) is 3.79. The van der Waals surface area contributed by atoms with E-state index in [1.54, 1.807) is 24.5 Å². The van der Waals surface area contributed by atoms with Crippen molar-refractivity contribution in [1.82, 2.24) is 10.3 Å². The molecule has 2 rings (SSSR count). The number of halogens is 1. The molecule has 0 fully saturated rings. The van der Waals surface area contributed by atoms with Gasteiger partial charge in [0.2, 0.25) is 5.91 Å². The van der Waals surface area contributed by atoms with E-state index in [1.165, 1.54) is 12.1 Å². The summed E-state index contributed by atoms with van der Waals surface area (Å²) in [5, 5.41) is 5.82. The van der Waals surface area contributed by atoms with Crippen LogP contribution in [0.2, 0.25) is 0 Å². The summed E-state index contributed by atoms with van der Waals surface area (Å²) in [6.45, 7) is 1.25. The van der Waals surface area contributed by atoms with Gasteiger partial charge in [-0.15, -0.1) is 0 Å². The molecule has 1 aromatic carbocycles. The highest BCUT2D eigenvalue weighted by molar-refractivity contribution is 5.90. The minimum absolute atomic E-state index is 0.141. The molecule has 0 aliphatic heterocycles. The summed E-state index contributed by atoms with van der Waals surface area (Å²) < 4.78 is 12.9. The number of hydrogen-bond acceptors (Lipinski definition) is 3. The largest absolute Gasteiger partial charge is 0.326 e. The van der Waals surface area contributed by atoms with Crippen molar-refractivity contribution in [2.75, 3.05) is 11.9 Å². The van der Waals surface area contributed by atoms with Gasteiger partial charge in [0.05, 0.1) is 0 Å². The molecule has 0 spiro atoms. The third kappa shape index (κ3) is 4.78. The lowest BCUT2D eigenvalue weighted by atomic mass is 10.2. The van der Waals surface area contributed by atoms with Crippen LogP contribution in [-0.2, 0) is 11.3 Å². The van der Waals surface area contributed by atoms with Gasteiger partial charge in [-0.05, 0) is 35.9 Å². The van der Waals surface area contributed by atoms with Gasteiger partial charge in [0.25, 0.3) is 0 Å². The molecule has 0 aliphatic rings. The second kappa shape index (κ2) is 7.35. The van der Waals surface area contributed by atoms with Crippen LogP contribution in [0.4, 0.5) is 10.1 Å². The van der Waals surface area contributed by atoms with Gasteiger partial charge in [0.1, 0.15) is 5.82 Å². The van der Waals surface area contributed by atoms with Gasteiger partial charge in [-0.25, -0.2) is 4.39 Å². The molecule has 20 heavy (non-hydrogen) atoms. The number of rotatable bonds is 6. The third-order valence-electron chi connectivity index (χ3n) is 2.72. The predicted octanol–water partition coefficient (Wildman–Crippen LogP) is 2.34. The summed E-state index contributed by atoms with van der Waals surface area (Å²) in [6, 6.07) is 9.69. The van der Waals surface area contributed by atoms with Gasteiger partial charge >= 0.3 is 0 Å². The van der Waals surface area contributed by atoms with Crippen molar-refractivity contribution >= 4 is 11.6 Å². The standard InChI is InChI=1S/C15H16FN3O/c16-13-2-1-3-14(10-13)19-15(20)6-9-18-11-12-4-7-17-8-5-12/h1-5,7-8,10,18H,6,9,11H2,(H,19,20). The molecule has 0 radical (unpaired) electrons. The Hall–Kier alpha value is -2.27. The number of pyridine rings is 1. The molecule has 5 heteroatoms. The molecule has 104 valence electrons. The van der Waals surface area contributed by atoms with E-state index in [1.807, 2.05) is 12.1 Å². The first-order chi connectivity index (χ1) is 9.74. The molecule has 0 atom stereocenters. The van der Waals surface area contributed by atoms with E-state index in [0.29, 0.717) is 25.2 Å². The van der Waals surface area contributed by atoms with Crippen LogP contribution in [0.5, 0.6) is 0 Å². The molecule has 2 N–H and O–H groups in total. The van der Waals surface area contributed by atoms with Crippen molar-refractivity contribution in [2.45, 2.75) is 13.0 Å². The van der Waals surface area contributed by atoms with Crippen LogP contribution in [0.3, 0.4) is 0 Å². The minimum Gasteiger partial charge on any atom is -0.326 e. The Morgan fingerprint density at radius 2 is 2.00 bits per heavy atom. The van der Waals surface area contributed by atoms with E-state index in [4.69, 9.17) is 0 Å². The normalized spacial score (nSPS) is 10.2. The predicted molar refractivity (Wildman–Crippen MR) is 75.6 cm³/mol. The number of carbonyl (C=O) groups excluding carboxylic acids is 1. The summed E-state index contributed by atoms with van der Waals surface area (Å²) >= 11 is 0. The van der Waals surface area contributed by atoms with Gasteiger partial charge in [-0.3, -0.25) is 9.78 Å². The van der Waals surface area contributed by atoms with Gasteiger partial charge in [-0.2, -0.15) is 0 Å². The fourth-order valence-electron chi connectivity index (χ4n) is 1.73. The Balaban J connectivity index is 1.68. The summed E-state index contributed by atoms with van der Waals surface area (Å²) in [4.78, 5) is 15.6. The van der Waals surface area contributed by atoms with Crippen molar-refractivity contribution in [1.29, 1.82) is 0 Å². The van der Waals surface area contributed by atoms with Gasteiger partial charge < -0.3 is 10.6 Å². The molecule has 2 aromatic rings. The fourth-order valence-corrected chi connectivity index (χ4v) is 1.73. The summed E-state index contributed by atoms with van der Waals surface area (Å²) in [5.74, 6) is -0.503. The topological polar surface area (TPSA) is 54.0 Å². The van der Waals surface area contributed by atoms with Crippen LogP contribution in [0.15, 0.2) is 48.8 Å². The maximum Gasteiger partial charge on any atom is 0.225 e. The van der Waals surface area contributed by atoms with Gasteiger partial charge in [-0.1, -0.05) is 6.07 Å². The molecule has 1 amide bonds. The average Bonchev–Trinajstić information content (AvgIpc) is 2.45. The van der Waals surface area contributed by atoms with Crippen LogP contribution >= 0.6 is 0 Å². The lowest BCUT2D eigenvalue weighted by Gasteiger charge is -2.06. The van der Waals surface area contributed by atoms with E-state index in [2.05, 4.69) is 15.6 Å². The molecule has 0 saturated carbocycles. The van der Waals surface area contributed by atoms with Crippen molar-refractivity contribution in [3.63, 3.8) is 0 Å². The Kier molecular flexibility index (Phi) is 5.20. The number of anilines is 1. The quantitative estimate of drug-likeness (QED) is 0.794. The van der Waals surface area contributed by atoms with Crippen molar-refractivity contribution in [2.24, 2.45) is 0 Å². The summed E-state index contributed by atoms with van der Waals surface area (Å²) in [7, 11) is 0. The minimum atomic E-state index is -0.362. The Labute approximate surface area is 117 Å². The van der Waals surface area contributed by atoms with E-state index >= 15 is 0 Å². The average molecular weight is 273 g/mol. The lowest BCUT2D eigenvalue weighted by Crippen LogP contribution is -2.21. The highest BCUT2D eigenvalue weighted by Gasteiger charge is 2.02. The van der Waals surface area contributed by atoms with Gasteiger partial charge in [0.15, 0.2) is 0 Å². The third-order valence-corrected chi connectivity index (χ3v) is 2.72. The first-order valence-electron chi connectivity index (χ1n) is 6.39. The van der Waals surface area contributed by atoms with Crippen molar-refractivity contribution in [3.05, 3.63) is 60.2 Å². The van der Waals surface area contributed by atoms with E-state index in [9.17, 15) is 9.18 Å². The second-order valence-electron chi connectivity index (χ2n) is 4.34. The molecule has 0 saturated heterocycles. The maximum absolute atomic E-state index is 12.9. The maximum atomic E-state index is 12.9. The molecular formula is C15H16FN3O. The van der Waals surface area contributed by atoms with Crippen molar-refractivity contribution in [3.8, 4) is 0 Å². The Morgan fingerprint density at radius 3 is 2.75 bits per heavy atom. The number of amides is 1. The SMILES string of the molecule is O=C(CCNCc1ccncc1)Nc1cccc(F)c1. The second-order valence-corrected chi connectivity index (χ2v) is 4.34. The number of aromatic nitrogens is 1. The smallest absolute Gasteiger partial charge is 0.225 e. The Bertz CT molecular complexity index is 560. The number of carbonyl (C=O) groups is 1. The van der Waals surface area contributed by atoms with Crippen LogP contribution in [0, 0.1) is 5.82 Å². The molecule has 0 aliphatic carbocycles. The van der Waals surface area contributed by atoms with E-state index in [0.717, 1.165) is 5.56 Å². The zero-order chi connectivity index (χ0) is 14.2. The van der Waals surface area contributed by atoms with Crippen LogP contribution in [0.25, 0.3) is 0 Å². The van der Waals surface area contributed by atoms with Crippen molar-refractivity contribution < 1.29 is 9.18 Å². The fraction of sp³-hybridized carbons (Fsp3) is 0.200.